The zero-order valence-corrected chi connectivity index (χ0v) is 15.2. The van der Waals surface area contributed by atoms with E-state index in [9.17, 15) is 4.79 Å². The number of hydrogen-bond acceptors (Lipinski definition) is 5. The van der Waals surface area contributed by atoms with Gasteiger partial charge in [-0.1, -0.05) is 19.1 Å². The average Bonchev–Trinajstić information content (AvgIpc) is 3.24. The lowest BCUT2D eigenvalue weighted by Crippen LogP contribution is -2.38. The monoisotopic (exact) mass is 334 g/mol. The van der Waals surface area contributed by atoms with Gasteiger partial charge in [0.15, 0.2) is 5.69 Å². The van der Waals surface area contributed by atoms with Crippen LogP contribution in [-0.4, -0.2) is 76.0 Å². The number of rotatable bonds is 5. The molecule has 3 heterocycles. The van der Waals surface area contributed by atoms with Crippen LogP contribution < -0.4 is 5.32 Å². The number of aromatic nitrogens is 3. The van der Waals surface area contributed by atoms with E-state index in [1.807, 2.05) is 16.5 Å². The predicted molar refractivity (Wildman–Crippen MR) is 93.1 cm³/mol. The van der Waals surface area contributed by atoms with E-state index in [2.05, 4.69) is 34.4 Å². The van der Waals surface area contributed by atoms with Gasteiger partial charge in [0, 0.05) is 19.1 Å². The third kappa shape index (κ3) is 3.32. The Kier molecular flexibility index (Phi) is 5.50. The fourth-order valence-electron chi connectivity index (χ4n) is 4.05. The molecule has 1 amide bonds. The van der Waals surface area contributed by atoms with Gasteiger partial charge in [-0.25, -0.2) is 4.68 Å². The van der Waals surface area contributed by atoms with E-state index in [1.54, 1.807) is 0 Å². The van der Waals surface area contributed by atoms with Gasteiger partial charge in [0.25, 0.3) is 5.91 Å². The van der Waals surface area contributed by atoms with Crippen molar-refractivity contribution >= 4 is 5.91 Å². The Labute approximate surface area is 144 Å². The van der Waals surface area contributed by atoms with Crippen LogP contribution in [0.4, 0.5) is 0 Å². The summed E-state index contributed by atoms with van der Waals surface area (Å²) in [7, 11) is 0. The van der Waals surface area contributed by atoms with Gasteiger partial charge in [-0.2, -0.15) is 0 Å². The lowest BCUT2D eigenvalue weighted by atomic mass is 10.1. The zero-order chi connectivity index (χ0) is 17.1. The molecule has 0 spiro atoms. The second kappa shape index (κ2) is 7.61. The van der Waals surface area contributed by atoms with Crippen molar-refractivity contribution in [1.82, 2.24) is 30.1 Å². The van der Waals surface area contributed by atoms with Gasteiger partial charge in [-0.3, -0.25) is 9.69 Å². The Hall–Kier alpha value is -1.47. The highest BCUT2D eigenvalue weighted by atomic mass is 16.2. The van der Waals surface area contributed by atoms with Gasteiger partial charge in [0.1, 0.15) is 0 Å². The number of nitrogens with zero attached hydrogens (tertiary/aromatic N) is 5. The highest BCUT2D eigenvalue weighted by molar-refractivity contribution is 5.93. The third-order valence-corrected chi connectivity index (χ3v) is 5.56. The Balaban J connectivity index is 1.68. The fraction of sp³-hybridized carbons (Fsp3) is 0.824. The van der Waals surface area contributed by atoms with Crippen molar-refractivity contribution in [3.63, 3.8) is 0 Å². The molecule has 1 atom stereocenters. The van der Waals surface area contributed by atoms with E-state index in [-0.39, 0.29) is 5.91 Å². The first kappa shape index (κ1) is 17.4. The van der Waals surface area contributed by atoms with E-state index >= 15 is 0 Å². The number of nitrogens with one attached hydrogen (secondary N) is 1. The van der Waals surface area contributed by atoms with Crippen LogP contribution in [-0.2, 0) is 0 Å². The molecule has 0 bridgehead atoms. The summed E-state index contributed by atoms with van der Waals surface area (Å²) >= 11 is 0. The maximum absolute atomic E-state index is 12.9. The van der Waals surface area contributed by atoms with Gasteiger partial charge in [-0.15, -0.1) is 5.10 Å². The minimum atomic E-state index is 0.0438. The number of piperidine rings is 1. The van der Waals surface area contributed by atoms with E-state index < -0.39 is 0 Å². The Morgan fingerprint density at radius 1 is 1.25 bits per heavy atom. The molecule has 0 radical (unpaired) electrons. The van der Waals surface area contributed by atoms with Crippen LogP contribution in [0.5, 0.6) is 0 Å². The molecule has 0 aromatic carbocycles. The lowest BCUT2D eigenvalue weighted by molar-refractivity contribution is 0.0771. The second-order valence-electron chi connectivity index (χ2n) is 6.86. The molecule has 0 saturated carbocycles. The molecule has 2 saturated heterocycles. The second-order valence-corrected chi connectivity index (χ2v) is 6.86. The first-order chi connectivity index (χ1) is 11.7. The fourth-order valence-corrected chi connectivity index (χ4v) is 4.05. The smallest absolute Gasteiger partial charge is 0.276 e. The standard InChI is InChI=1S/C17H30N6O/c1-4-21(5-2)15-8-11-22(12-15)17(24)16-13(3)23(20-19-16)14-6-9-18-10-7-14/h14-15,18H,4-12H2,1-3H3. The third-order valence-electron chi connectivity index (χ3n) is 5.56. The highest BCUT2D eigenvalue weighted by Crippen LogP contribution is 2.22. The summed E-state index contributed by atoms with van der Waals surface area (Å²) in [6, 6.07) is 0.839. The van der Waals surface area contributed by atoms with E-state index in [4.69, 9.17) is 0 Å². The number of carbonyl (C=O) groups is 1. The summed E-state index contributed by atoms with van der Waals surface area (Å²) in [6.45, 7) is 12.1. The molecule has 1 N–H and O–H groups in total. The van der Waals surface area contributed by atoms with Crippen molar-refractivity contribution in [3.8, 4) is 0 Å². The van der Waals surface area contributed by atoms with Crippen molar-refractivity contribution < 1.29 is 4.79 Å². The molecular weight excluding hydrogens is 304 g/mol. The van der Waals surface area contributed by atoms with Crippen LogP contribution in [0.3, 0.4) is 0 Å². The van der Waals surface area contributed by atoms with Crippen molar-refractivity contribution in [3.05, 3.63) is 11.4 Å². The largest absolute Gasteiger partial charge is 0.336 e. The van der Waals surface area contributed by atoms with E-state index in [0.717, 1.165) is 64.2 Å². The molecular formula is C17H30N6O. The summed E-state index contributed by atoms with van der Waals surface area (Å²) < 4.78 is 1.96. The molecule has 7 heteroatoms. The van der Waals surface area contributed by atoms with Gasteiger partial charge >= 0.3 is 0 Å². The number of amides is 1. The van der Waals surface area contributed by atoms with Gasteiger partial charge < -0.3 is 10.2 Å². The molecule has 1 unspecified atom stereocenters. The lowest BCUT2D eigenvalue weighted by Gasteiger charge is -2.26. The summed E-state index contributed by atoms with van der Waals surface area (Å²) in [5.74, 6) is 0.0438. The first-order valence-electron chi connectivity index (χ1n) is 9.31. The quantitative estimate of drug-likeness (QED) is 0.872. The summed E-state index contributed by atoms with van der Waals surface area (Å²) in [6.07, 6.45) is 3.14. The van der Waals surface area contributed by atoms with Crippen molar-refractivity contribution in [2.75, 3.05) is 39.3 Å². The summed E-state index contributed by atoms with van der Waals surface area (Å²) in [4.78, 5) is 17.3. The Bertz CT molecular complexity index is 561. The van der Waals surface area contributed by atoms with Crippen LogP contribution in [0, 0.1) is 6.92 Å². The van der Waals surface area contributed by atoms with Crippen LogP contribution in [0.15, 0.2) is 0 Å². The maximum Gasteiger partial charge on any atom is 0.276 e. The molecule has 24 heavy (non-hydrogen) atoms. The number of carbonyl (C=O) groups excluding carboxylic acids is 1. The minimum absolute atomic E-state index is 0.0438. The normalized spacial score (nSPS) is 22.5. The van der Waals surface area contributed by atoms with Crippen LogP contribution in [0.2, 0.25) is 0 Å². The topological polar surface area (TPSA) is 66.3 Å². The van der Waals surface area contributed by atoms with E-state index in [1.165, 1.54) is 0 Å². The summed E-state index contributed by atoms with van der Waals surface area (Å²) in [5, 5.41) is 11.9. The molecule has 2 fully saturated rings. The van der Waals surface area contributed by atoms with E-state index in [0.29, 0.717) is 17.8 Å². The number of likely N-dealkylation sites (N-methyl/N-ethyl adjacent to an activating group) is 1. The molecule has 7 nitrogen and oxygen atoms in total. The summed E-state index contributed by atoms with van der Waals surface area (Å²) in [5.41, 5.74) is 1.45. The SMILES string of the molecule is CCN(CC)C1CCN(C(=O)c2nnn(C3CCNCC3)c2C)C1. The number of likely N-dealkylation sites (tertiary alicyclic amines) is 1. The van der Waals surface area contributed by atoms with Gasteiger partial charge in [0.05, 0.1) is 11.7 Å². The minimum Gasteiger partial charge on any atom is -0.336 e. The van der Waals surface area contributed by atoms with Crippen molar-refractivity contribution in [2.45, 2.75) is 52.1 Å². The molecule has 2 aliphatic rings. The maximum atomic E-state index is 12.9. The number of hydrogen-bond donors (Lipinski definition) is 1. The molecule has 134 valence electrons. The van der Waals surface area contributed by atoms with Crippen LogP contribution >= 0.6 is 0 Å². The highest BCUT2D eigenvalue weighted by Gasteiger charge is 2.32. The van der Waals surface area contributed by atoms with Crippen LogP contribution in [0.1, 0.15) is 55.3 Å². The van der Waals surface area contributed by atoms with Gasteiger partial charge in [-0.05, 0) is 52.4 Å². The van der Waals surface area contributed by atoms with Crippen molar-refractivity contribution in [1.29, 1.82) is 0 Å². The average molecular weight is 334 g/mol. The van der Waals surface area contributed by atoms with Gasteiger partial charge in [0.2, 0.25) is 0 Å². The van der Waals surface area contributed by atoms with Crippen molar-refractivity contribution in [2.24, 2.45) is 0 Å². The first-order valence-corrected chi connectivity index (χ1v) is 9.31. The molecule has 1 aromatic heterocycles. The molecule has 0 aliphatic carbocycles. The zero-order valence-electron chi connectivity index (χ0n) is 15.2. The molecule has 1 aromatic rings. The Morgan fingerprint density at radius 3 is 2.62 bits per heavy atom. The molecule has 3 rings (SSSR count). The molecule has 2 aliphatic heterocycles. The van der Waals surface area contributed by atoms with Crippen LogP contribution in [0.25, 0.3) is 0 Å². The predicted octanol–water partition coefficient (Wildman–Crippen LogP) is 1.07. The Morgan fingerprint density at radius 2 is 1.96 bits per heavy atom.